The van der Waals surface area contributed by atoms with E-state index in [0.29, 0.717) is 0 Å². The number of ether oxygens (including phenoxy) is 1. The Balaban J connectivity index is 2.93. The Hall–Kier alpha value is -1.26. The van der Waals surface area contributed by atoms with Crippen LogP contribution in [0.1, 0.15) is 19.8 Å². The van der Waals surface area contributed by atoms with E-state index < -0.39 is 48.6 Å². The molecule has 20 heavy (non-hydrogen) atoms. The molecule has 5 atom stereocenters. The lowest BCUT2D eigenvalue weighted by Crippen LogP contribution is -2.62. The number of rotatable bonds is 5. The number of hydrogen-bond donors (Lipinski definition) is 6. The van der Waals surface area contributed by atoms with E-state index in [0.717, 1.165) is 0 Å². The van der Waals surface area contributed by atoms with Crippen molar-refractivity contribution in [1.82, 2.24) is 5.32 Å². The summed E-state index contributed by atoms with van der Waals surface area (Å²) in [5.74, 6) is -4.57. The van der Waals surface area contributed by atoms with Gasteiger partial charge in [-0.15, -0.1) is 0 Å². The van der Waals surface area contributed by atoms with Crippen molar-refractivity contribution in [3.05, 3.63) is 0 Å². The van der Waals surface area contributed by atoms with Crippen LogP contribution in [-0.4, -0.2) is 74.2 Å². The van der Waals surface area contributed by atoms with Crippen molar-refractivity contribution < 1.29 is 39.9 Å². The molecule has 6 N–H and O–H groups in total. The van der Waals surface area contributed by atoms with Crippen molar-refractivity contribution in [1.29, 1.82) is 0 Å². The van der Waals surface area contributed by atoms with E-state index >= 15 is 0 Å². The summed E-state index contributed by atoms with van der Waals surface area (Å²) in [6, 6.07) is -0.789. The van der Waals surface area contributed by atoms with Gasteiger partial charge in [0.25, 0.3) is 5.79 Å². The van der Waals surface area contributed by atoms with Crippen molar-refractivity contribution in [2.75, 3.05) is 6.61 Å². The zero-order valence-electron chi connectivity index (χ0n) is 10.9. The number of carboxylic acids is 1. The second-order valence-electron chi connectivity index (χ2n) is 4.76. The highest BCUT2D eigenvalue weighted by molar-refractivity contribution is 5.76. The zero-order chi connectivity index (χ0) is 15.5. The van der Waals surface area contributed by atoms with Gasteiger partial charge in [-0.1, -0.05) is 0 Å². The fourth-order valence-electron chi connectivity index (χ4n) is 2.09. The van der Waals surface area contributed by atoms with E-state index in [-0.39, 0.29) is 12.8 Å². The van der Waals surface area contributed by atoms with Crippen LogP contribution in [0.15, 0.2) is 0 Å². The van der Waals surface area contributed by atoms with Crippen LogP contribution in [-0.2, 0) is 14.3 Å². The molecule has 0 aromatic heterocycles. The highest BCUT2D eigenvalue weighted by Crippen LogP contribution is 2.30. The van der Waals surface area contributed by atoms with E-state index in [9.17, 15) is 24.9 Å². The molecule has 1 amide bonds. The van der Waals surface area contributed by atoms with Gasteiger partial charge < -0.3 is 35.6 Å². The first kappa shape index (κ1) is 16.8. The number of amides is 1. The predicted molar refractivity (Wildman–Crippen MR) is 63.4 cm³/mol. The van der Waals surface area contributed by atoms with Crippen LogP contribution in [0.25, 0.3) is 0 Å². The summed E-state index contributed by atoms with van der Waals surface area (Å²) >= 11 is 0. The average molecular weight is 293 g/mol. The Morgan fingerprint density at radius 3 is 2.50 bits per heavy atom. The van der Waals surface area contributed by atoms with Gasteiger partial charge in [0.1, 0.15) is 18.3 Å². The van der Waals surface area contributed by atoms with Crippen LogP contribution in [0.2, 0.25) is 0 Å². The van der Waals surface area contributed by atoms with Gasteiger partial charge in [0.2, 0.25) is 5.91 Å². The molecule has 9 nitrogen and oxygen atoms in total. The largest absolute Gasteiger partial charge is 0.477 e. The molecule has 1 saturated heterocycles. The summed E-state index contributed by atoms with van der Waals surface area (Å²) in [5, 5.41) is 49.2. The van der Waals surface area contributed by atoms with Gasteiger partial charge in [-0.3, -0.25) is 4.79 Å². The molecule has 0 aromatic rings. The van der Waals surface area contributed by atoms with Gasteiger partial charge in [-0.05, 0) is 6.42 Å². The maximum atomic E-state index is 11.1. The number of carbonyl (C=O) groups is 2. The highest BCUT2D eigenvalue weighted by atomic mass is 16.7. The number of nitrogens with one attached hydrogen (secondary N) is 1. The number of aliphatic carboxylic acids is 1. The zero-order valence-corrected chi connectivity index (χ0v) is 10.9. The minimum atomic E-state index is -2.50. The smallest absolute Gasteiger partial charge is 0.364 e. The standard InChI is InChI=1S/C11H19NO8/c1-5(14)12-6-2-3-11(19,10(17)18)20-9(6)8(16)7(15)4-13/h6-9,13,15-16,19H,2-4H2,1H3,(H,12,14)(H,17,18)/t6-,7-,8-,9-,11+/m1/s1. The molecule has 1 fully saturated rings. The van der Waals surface area contributed by atoms with Crippen LogP contribution in [0.4, 0.5) is 0 Å². The Morgan fingerprint density at radius 2 is 2.05 bits per heavy atom. The summed E-state index contributed by atoms with van der Waals surface area (Å²) in [6.45, 7) is 0.448. The van der Waals surface area contributed by atoms with Crippen LogP contribution < -0.4 is 5.32 Å². The fourth-order valence-corrected chi connectivity index (χ4v) is 2.09. The number of aliphatic hydroxyl groups excluding tert-OH is 3. The molecule has 1 rings (SSSR count). The SMILES string of the molecule is CC(=O)N[C@@H]1CC[C@@](O)(C(=O)O)O[C@H]1[C@H](O)[C@H](O)CO. The fraction of sp³-hybridized carbons (Fsp3) is 0.818. The number of aliphatic hydroxyl groups is 4. The van der Waals surface area contributed by atoms with Crippen molar-refractivity contribution in [3.63, 3.8) is 0 Å². The average Bonchev–Trinajstić information content (AvgIpc) is 2.38. The monoisotopic (exact) mass is 293 g/mol. The normalized spacial score (nSPS) is 33.2. The number of carboxylic acid groups (broad SMARTS) is 1. The molecule has 9 heteroatoms. The molecule has 1 aliphatic rings. The predicted octanol–water partition coefficient (Wildman–Crippen LogP) is -2.84. The Bertz CT molecular complexity index is 375. The summed E-state index contributed by atoms with van der Waals surface area (Å²) < 4.78 is 4.95. The van der Waals surface area contributed by atoms with Crippen molar-refractivity contribution >= 4 is 11.9 Å². The number of hydrogen-bond acceptors (Lipinski definition) is 7. The second-order valence-corrected chi connectivity index (χ2v) is 4.76. The molecule has 0 saturated carbocycles. The lowest BCUT2D eigenvalue weighted by molar-refractivity contribution is -0.279. The summed E-state index contributed by atoms with van der Waals surface area (Å²) in [5.41, 5.74) is 0. The van der Waals surface area contributed by atoms with E-state index in [1.807, 2.05) is 0 Å². The summed E-state index contributed by atoms with van der Waals surface area (Å²) in [7, 11) is 0. The molecule has 0 aliphatic carbocycles. The third-order valence-corrected chi connectivity index (χ3v) is 3.16. The molecule has 0 radical (unpaired) electrons. The minimum Gasteiger partial charge on any atom is -0.477 e. The van der Waals surface area contributed by atoms with Crippen LogP contribution in [0, 0.1) is 0 Å². The first-order valence-electron chi connectivity index (χ1n) is 6.09. The van der Waals surface area contributed by atoms with Gasteiger partial charge in [0.05, 0.1) is 12.6 Å². The van der Waals surface area contributed by atoms with Gasteiger partial charge >= 0.3 is 5.97 Å². The van der Waals surface area contributed by atoms with Crippen molar-refractivity contribution in [2.45, 2.75) is 49.9 Å². The molecule has 0 bridgehead atoms. The second kappa shape index (κ2) is 6.46. The third kappa shape index (κ3) is 3.64. The van der Waals surface area contributed by atoms with Crippen molar-refractivity contribution in [2.24, 2.45) is 0 Å². The van der Waals surface area contributed by atoms with Gasteiger partial charge in [0, 0.05) is 13.3 Å². The Morgan fingerprint density at radius 1 is 1.45 bits per heavy atom. The van der Waals surface area contributed by atoms with E-state index in [1.54, 1.807) is 0 Å². The highest BCUT2D eigenvalue weighted by Gasteiger charge is 2.49. The van der Waals surface area contributed by atoms with Gasteiger partial charge in [-0.2, -0.15) is 0 Å². The maximum absolute atomic E-state index is 11.1. The summed E-state index contributed by atoms with van der Waals surface area (Å²) in [6.07, 6.45) is -4.88. The lowest BCUT2D eigenvalue weighted by Gasteiger charge is -2.42. The molecule has 0 unspecified atom stereocenters. The maximum Gasteiger partial charge on any atom is 0.364 e. The molecule has 116 valence electrons. The first-order chi connectivity index (χ1) is 9.21. The van der Waals surface area contributed by atoms with Gasteiger partial charge in [0.15, 0.2) is 0 Å². The van der Waals surface area contributed by atoms with E-state index in [4.69, 9.17) is 14.9 Å². The van der Waals surface area contributed by atoms with E-state index in [2.05, 4.69) is 5.32 Å². The Labute approximate surface area is 114 Å². The first-order valence-corrected chi connectivity index (χ1v) is 6.09. The summed E-state index contributed by atoms with van der Waals surface area (Å²) in [4.78, 5) is 22.0. The molecule has 0 spiro atoms. The van der Waals surface area contributed by atoms with E-state index in [1.165, 1.54) is 6.92 Å². The van der Waals surface area contributed by atoms with Crippen LogP contribution in [0.3, 0.4) is 0 Å². The van der Waals surface area contributed by atoms with Gasteiger partial charge in [-0.25, -0.2) is 4.79 Å². The minimum absolute atomic E-state index is 0.0300. The van der Waals surface area contributed by atoms with Crippen LogP contribution in [0.5, 0.6) is 0 Å². The molecule has 1 heterocycles. The Kier molecular flexibility index (Phi) is 5.42. The quantitative estimate of drug-likeness (QED) is 0.316. The number of carbonyl (C=O) groups excluding carboxylic acids is 1. The van der Waals surface area contributed by atoms with Crippen molar-refractivity contribution in [3.8, 4) is 0 Å². The molecule has 1 aliphatic heterocycles. The topological polar surface area (TPSA) is 157 Å². The molecular weight excluding hydrogens is 274 g/mol. The molecule has 0 aromatic carbocycles. The van der Waals surface area contributed by atoms with Crippen LogP contribution >= 0.6 is 0 Å². The lowest BCUT2D eigenvalue weighted by atomic mass is 9.91. The third-order valence-electron chi connectivity index (χ3n) is 3.16. The molecular formula is C11H19NO8.